The van der Waals surface area contributed by atoms with E-state index in [9.17, 15) is 19.5 Å². The van der Waals surface area contributed by atoms with Gasteiger partial charge in [-0.15, -0.1) is 24.9 Å². The Kier molecular flexibility index (Phi) is 8.94. The number of likely N-dealkylation sites (tertiary alicyclic amines) is 1. The number of benzene rings is 2. The number of hydrogen-bond acceptors (Lipinski definition) is 6. The fourth-order valence-electron chi connectivity index (χ4n) is 7.10. The van der Waals surface area contributed by atoms with Crippen LogP contribution in [0.15, 0.2) is 73.8 Å². The minimum absolute atomic E-state index is 0.0945. The molecule has 3 aliphatic heterocycles. The summed E-state index contributed by atoms with van der Waals surface area (Å²) in [6, 6.07) is 14.2. The molecule has 2 unspecified atom stereocenters. The van der Waals surface area contributed by atoms with Gasteiger partial charge in [-0.1, -0.05) is 54.6 Å². The van der Waals surface area contributed by atoms with E-state index in [1.54, 1.807) is 33.7 Å². The van der Waals surface area contributed by atoms with Crippen molar-refractivity contribution >= 4 is 35.2 Å². The van der Waals surface area contributed by atoms with Crippen LogP contribution < -0.4 is 4.90 Å². The number of nitrogens with zero attached hydrogens (tertiary/aromatic N) is 2. The highest BCUT2D eigenvalue weighted by Crippen LogP contribution is 2.67. The molecule has 0 radical (unpaired) electrons. The number of ether oxygens (including phenoxy) is 1. The van der Waals surface area contributed by atoms with Crippen LogP contribution in [0, 0.1) is 25.7 Å². The smallest absolute Gasteiger partial charge is 0.310 e. The van der Waals surface area contributed by atoms with Gasteiger partial charge in [0.05, 0.1) is 35.8 Å². The Morgan fingerprint density at radius 3 is 2.64 bits per heavy atom. The van der Waals surface area contributed by atoms with E-state index in [1.807, 2.05) is 62.4 Å². The lowest BCUT2D eigenvalue weighted by Gasteiger charge is -2.40. The monoisotopic (exact) mass is 588 g/mol. The number of thioether (sulfide) groups is 1. The molecular weight excluding hydrogens is 548 g/mol. The second-order valence-electron chi connectivity index (χ2n) is 11.6. The van der Waals surface area contributed by atoms with Crippen LogP contribution >= 0.6 is 11.8 Å². The topological polar surface area (TPSA) is 87.1 Å². The fraction of sp³-hybridized carbons (Fsp3) is 0.441. The zero-order valence-electron chi connectivity index (χ0n) is 24.4. The van der Waals surface area contributed by atoms with E-state index in [-0.39, 0.29) is 42.8 Å². The summed E-state index contributed by atoms with van der Waals surface area (Å²) < 4.78 is 4.83. The van der Waals surface area contributed by atoms with Crippen LogP contribution in [0.5, 0.6) is 0 Å². The van der Waals surface area contributed by atoms with Crippen LogP contribution in [-0.2, 0) is 25.5 Å². The molecular formula is C34H40N2O5S. The minimum atomic E-state index is -0.850. The average molecular weight is 589 g/mol. The van der Waals surface area contributed by atoms with Crippen molar-refractivity contribution in [2.45, 2.75) is 61.6 Å². The van der Waals surface area contributed by atoms with Crippen molar-refractivity contribution in [3.8, 4) is 0 Å². The van der Waals surface area contributed by atoms with Gasteiger partial charge in [0.25, 0.3) is 5.91 Å². The number of hydrogen-bond donors (Lipinski definition) is 1. The molecule has 8 heteroatoms. The van der Waals surface area contributed by atoms with Crippen LogP contribution in [0.25, 0.3) is 0 Å². The summed E-state index contributed by atoms with van der Waals surface area (Å²) in [6.45, 7) is 11.7. The fourth-order valence-corrected chi connectivity index (χ4v) is 9.29. The van der Waals surface area contributed by atoms with Gasteiger partial charge in [-0.05, 0) is 62.3 Å². The van der Waals surface area contributed by atoms with Gasteiger partial charge >= 0.3 is 5.97 Å². The number of aliphatic hydroxyl groups excluding tert-OH is 1. The number of esters is 1. The van der Waals surface area contributed by atoms with Crippen molar-refractivity contribution in [3.05, 3.63) is 90.5 Å². The van der Waals surface area contributed by atoms with Gasteiger partial charge in [0.1, 0.15) is 6.04 Å². The Labute approximate surface area is 252 Å². The van der Waals surface area contributed by atoms with Crippen molar-refractivity contribution in [3.63, 3.8) is 0 Å². The molecule has 0 aliphatic carbocycles. The van der Waals surface area contributed by atoms with Crippen LogP contribution in [0.4, 0.5) is 5.69 Å². The normalized spacial score (nSPS) is 26.5. The standard InChI is InChI=1S/C34H40N2O5S/c1-5-7-18-41-33(40)28-27-15-16-34(42-27)29(28)31(38)36(25(21-37)20-24-11-9-8-10-12-24)30(34)32(39)35(17-6-2)26-19-22(3)13-14-23(26)4/h5-6,8-14,19,25,27-30,37H,1-2,7,15-18,20-21H2,3-4H3/t25-,27-,28+,29+,30?,34?/m1/s1. The van der Waals surface area contributed by atoms with E-state index < -0.39 is 28.7 Å². The number of carbonyl (C=O) groups excluding carboxylic acids is 3. The van der Waals surface area contributed by atoms with Gasteiger partial charge in [0.2, 0.25) is 5.91 Å². The number of aryl methyl sites for hydroxylation is 2. The maximum atomic E-state index is 14.9. The lowest BCUT2D eigenvalue weighted by atomic mass is 9.71. The first kappa shape index (κ1) is 30.1. The number of carbonyl (C=O) groups is 3. The zero-order chi connectivity index (χ0) is 30.0. The zero-order valence-corrected chi connectivity index (χ0v) is 25.2. The molecule has 0 saturated carbocycles. The quantitative estimate of drug-likeness (QED) is 0.221. The van der Waals surface area contributed by atoms with Gasteiger partial charge in [0.15, 0.2) is 0 Å². The van der Waals surface area contributed by atoms with Crippen LogP contribution in [0.1, 0.15) is 36.0 Å². The molecule has 0 aromatic heterocycles. The van der Waals surface area contributed by atoms with Crippen molar-refractivity contribution in [1.29, 1.82) is 0 Å². The van der Waals surface area contributed by atoms with Crippen molar-refractivity contribution in [2.24, 2.45) is 11.8 Å². The van der Waals surface area contributed by atoms with E-state index in [2.05, 4.69) is 13.2 Å². The Hall–Kier alpha value is -3.36. The van der Waals surface area contributed by atoms with Crippen LogP contribution in [0.3, 0.4) is 0 Å². The largest absolute Gasteiger partial charge is 0.465 e. The Balaban J connectivity index is 1.60. The van der Waals surface area contributed by atoms with Gasteiger partial charge in [-0.25, -0.2) is 0 Å². The maximum absolute atomic E-state index is 14.9. The molecule has 2 bridgehead atoms. The summed E-state index contributed by atoms with van der Waals surface area (Å²) in [6.07, 6.45) is 5.67. The summed E-state index contributed by atoms with van der Waals surface area (Å²) in [5.41, 5.74) is 3.69. The van der Waals surface area contributed by atoms with E-state index >= 15 is 0 Å². The molecule has 3 saturated heterocycles. The number of anilines is 1. The van der Waals surface area contributed by atoms with E-state index in [0.717, 1.165) is 28.8 Å². The number of fused-ring (bicyclic) bond motifs is 1. The molecule has 1 spiro atoms. The van der Waals surface area contributed by atoms with E-state index in [1.165, 1.54) is 0 Å². The lowest BCUT2D eigenvalue weighted by Crippen LogP contribution is -2.58. The summed E-state index contributed by atoms with van der Waals surface area (Å²) in [4.78, 5) is 46.2. The third-order valence-electron chi connectivity index (χ3n) is 8.96. The molecule has 2 aromatic rings. The highest BCUT2D eigenvalue weighted by molar-refractivity contribution is 8.02. The van der Waals surface area contributed by atoms with Gasteiger partial charge < -0.3 is 19.6 Å². The molecule has 3 heterocycles. The first-order valence-electron chi connectivity index (χ1n) is 14.7. The maximum Gasteiger partial charge on any atom is 0.310 e. The molecule has 3 aliphatic rings. The molecule has 3 fully saturated rings. The van der Waals surface area contributed by atoms with E-state index in [0.29, 0.717) is 19.3 Å². The predicted octanol–water partition coefficient (Wildman–Crippen LogP) is 4.64. The Morgan fingerprint density at radius 2 is 1.95 bits per heavy atom. The predicted molar refractivity (Wildman–Crippen MR) is 166 cm³/mol. The first-order valence-corrected chi connectivity index (χ1v) is 15.6. The van der Waals surface area contributed by atoms with Gasteiger partial charge in [-0.2, -0.15) is 0 Å². The molecule has 2 aromatic carbocycles. The summed E-state index contributed by atoms with van der Waals surface area (Å²) in [5.74, 6) is -2.17. The Morgan fingerprint density at radius 1 is 1.19 bits per heavy atom. The van der Waals surface area contributed by atoms with Gasteiger partial charge in [0, 0.05) is 17.5 Å². The highest BCUT2D eigenvalue weighted by atomic mass is 32.2. The second-order valence-corrected chi connectivity index (χ2v) is 13.2. The van der Waals surface area contributed by atoms with Crippen LogP contribution in [-0.4, -0.2) is 69.6 Å². The third-order valence-corrected chi connectivity index (χ3v) is 10.9. The number of rotatable bonds is 12. The highest BCUT2D eigenvalue weighted by Gasteiger charge is 2.74. The average Bonchev–Trinajstić information content (AvgIpc) is 3.64. The summed E-state index contributed by atoms with van der Waals surface area (Å²) in [7, 11) is 0. The number of amides is 2. The molecule has 5 rings (SSSR count). The van der Waals surface area contributed by atoms with Crippen molar-refractivity contribution in [2.75, 3.05) is 24.7 Å². The van der Waals surface area contributed by atoms with Gasteiger partial charge in [-0.3, -0.25) is 14.4 Å². The van der Waals surface area contributed by atoms with E-state index in [4.69, 9.17) is 4.74 Å². The molecule has 222 valence electrons. The molecule has 7 nitrogen and oxygen atoms in total. The Bertz CT molecular complexity index is 1360. The summed E-state index contributed by atoms with van der Waals surface area (Å²) >= 11 is 1.60. The lowest BCUT2D eigenvalue weighted by molar-refractivity contribution is -0.154. The second kappa shape index (κ2) is 12.5. The molecule has 6 atom stereocenters. The molecule has 1 N–H and O–H groups in total. The van der Waals surface area contributed by atoms with Crippen molar-refractivity contribution in [1.82, 2.24) is 4.90 Å². The minimum Gasteiger partial charge on any atom is -0.465 e. The first-order chi connectivity index (χ1) is 20.3. The molecule has 42 heavy (non-hydrogen) atoms. The van der Waals surface area contributed by atoms with Crippen LogP contribution in [0.2, 0.25) is 0 Å². The van der Waals surface area contributed by atoms with Crippen molar-refractivity contribution < 1.29 is 24.2 Å². The SMILES string of the molecule is C=CCCOC(=O)[C@@H]1[C@H]2C(=O)N([C@@H](CO)Cc3ccccc3)C(C(=O)N(CC=C)c3cc(C)ccc3C)C23CC[C@H]1S3. The molecule has 2 amide bonds. The summed E-state index contributed by atoms with van der Waals surface area (Å²) in [5, 5.41) is 10.6. The third kappa shape index (κ3) is 5.20. The number of aliphatic hydroxyl groups is 1.